The number of amides is 1. The van der Waals surface area contributed by atoms with Gasteiger partial charge in [-0.05, 0) is 24.1 Å². The highest BCUT2D eigenvalue weighted by molar-refractivity contribution is 5.95. The molecule has 78 valence electrons. The standard InChI is InChI=1S/C11H11NO3/c13-5-1-2-8-3-4-10-9(6-8)12-11(14)7-15-10/h3-6H,1-2,7H2,(H,12,14). The minimum absolute atomic E-state index is 0.0701. The van der Waals surface area contributed by atoms with Crippen molar-refractivity contribution in [1.29, 1.82) is 0 Å². The lowest BCUT2D eigenvalue weighted by Crippen LogP contribution is -2.25. The molecule has 0 radical (unpaired) electrons. The molecule has 1 N–H and O–H groups in total. The SMILES string of the molecule is O=CCCc1ccc2c(c1)NC(=O)CO2. The second kappa shape index (κ2) is 4.13. The van der Waals surface area contributed by atoms with E-state index in [1.54, 1.807) is 0 Å². The zero-order valence-electron chi connectivity index (χ0n) is 8.16. The quantitative estimate of drug-likeness (QED) is 0.753. The summed E-state index contributed by atoms with van der Waals surface area (Å²) in [5.74, 6) is 0.541. The third-order valence-electron chi connectivity index (χ3n) is 2.23. The number of rotatable bonds is 3. The molecule has 2 rings (SSSR count). The van der Waals surface area contributed by atoms with E-state index in [4.69, 9.17) is 4.74 Å². The van der Waals surface area contributed by atoms with Crippen LogP contribution in [0.1, 0.15) is 12.0 Å². The van der Waals surface area contributed by atoms with Crippen LogP contribution >= 0.6 is 0 Å². The fourth-order valence-electron chi connectivity index (χ4n) is 1.51. The largest absolute Gasteiger partial charge is 0.482 e. The Morgan fingerprint density at radius 2 is 2.33 bits per heavy atom. The molecule has 1 aromatic carbocycles. The van der Waals surface area contributed by atoms with Gasteiger partial charge in [0.25, 0.3) is 5.91 Å². The van der Waals surface area contributed by atoms with E-state index >= 15 is 0 Å². The van der Waals surface area contributed by atoms with Gasteiger partial charge in [0.1, 0.15) is 12.0 Å². The molecule has 15 heavy (non-hydrogen) atoms. The second-order valence-electron chi connectivity index (χ2n) is 3.37. The Kier molecular flexibility index (Phi) is 2.67. The summed E-state index contributed by atoms with van der Waals surface area (Å²) >= 11 is 0. The molecule has 0 unspecified atom stereocenters. The molecule has 0 fully saturated rings. The first-order valence-corrected chi connectivity index (χ1v) is 4.79. The number of benzene rings is 1. The lowest BCUT2D eigenvalue weighted by molar-refractivity contribution is -0.118. The number of aldehydes is 1. The van der Waals surface area contributed by atoms with E-state index in [1.165, 1.54) is 0 Å². The number of nitrogens with one attached hydrogen (secondary N) is 1. The zero-order valence-corrected chi connectivity index (χ0v) is 8.16. The number of fused-ring (bicyclic) bond motifs is 1. The number of hydrogen-bond donors (Lipinski definition) is 1. The first-order chi connectivity index (χ1) is 7.29. The van der Waals surface area contributed by atoms with Gasteiger partial charge in [0.2, 0.25) is 0 Å². The third kappa shape index (κ3) is 2.15. The Labute approximate surface area is 87.2 Å². The maximum atomic E-state index is 11.1. The summed E-state index contributed by atoms with van der Waals surface area (Å²) in [4.78, 5) is 21.3. The van der Waals surface area contributed by atoms with E-state index < -0.39 is 0 Å². The minimum Gasteiger partial charge on any atom is -0.482 e. The van der Waals surface area contributed by atoms with Crippen molar-refractivity contribution in [3.8, 4) is 5.75 Å². The molecule has 0 aromatic heterocycles. The van der Waals surface area contributed by atoms with Gasteiger partial charge in [-0.1, -0.05) is 6.07 Å². The Morgan fingerprint density at radius 3 is 3.13 bits per heavy atom. The van der Waals surface area contributed by atoms with Gasteiger partial charge in [-0.3, -0.25) is 4.79 Å². The van der Waals surface area contributed by atoms with Crippen LogP contribution in [-0.2, 0) is 16.0 Å². The van der Waals surface area contributed by atoms with Gasteiger partial charge in [0.15, 0.2) is 6.61 Å². The van der Waals surface area contributed by atoms with Crippen molar-refractivity contribution in [3.05, 3.63) is 23.8 Å². The minimum atomic E-state index is -0.143. The van der Waals surface area contributed by atoms with Crippen LogP contribution in [-0.4, -0.2) is 18.8 Å². The molecule has 1 heterocycles. The lowest BCUT2D eigenvalue weighted by Gasteiger charge is -2.18. The summed E-state index contributed by atoms with van der Waals surface area (Å²) in [5, 5.41) is 2.72. The van der Waals surface area contributed by atoms with Crippen LogP contribution in [0.4, 0.5) is 5.69 Å². The first kappa shape index (κ1) is 9.71. The highest BCUT2D eigenvalue weighted by atomic mass is 16.5. The normalized spacial score (nSPS) is 13.7. The molecular weight excluding hydrogens is 194 g/mol. The van der Waals surface area contributed by atoms with Gasteiger partial charge in [0, 0.05) is 6.42 Å². The predicted molar refractivity (Wildman–Crippen MR) is 55.0 cm³/mol. The highest BCUT2D eigenvalue weighted by Gasteiger charge is 2.15. The topological polar surface area (TPSA) is 55.4 Å². The van der Waals surface area contributed by atoms with E-state index in [1.807, 2.05) is 18.2 Å². The maximum absolute atomic E-state index is 11.1. The third-order valence-corrected chi connectivity index (χ3v) is 2.23. The molecule has 0 spiro atoms. The number of ether oxygens (including phenoxy) is 1. The summed E-state index contributed by atoms with van der Waals surface area (Å²) in [6, 6.07) is 5.56. The number of aryl methyl sites for hydroxylation is 1. The first-order valence-electron chi connectivity index (χ1n) is 4.79. The van der Waals surface area contributed by atoms with Crippen molar-refractivity contribution in [2.24, 2.45) is 0 Å². The van der Waals surface area contributed by atoms with Crippen LogP contribution < -0.4 is 10.1 Å². The van der Waals surface area contributed by atoms with Crippen LogP contribution in [0.2, 0.25) is 0 Å². The number of carbonyl (C=O) groups is 2. The molecular formula is C11H11NO3. The molecule has 0 bridgehead atoms. The molecule has 4 heteroatoms. The predicted octanol–water partition coefficient (Wildman–Crippen LogP) is 1.15. The van der Waals surface area contributed by atoms with E-state index in [0.29, 0.717) is 24.3 Å². The molecule has 1 aliphatic rings. The van der Waals surface area contributed by atoms with Crippen molar-refractivity contribution >= 4 is 17.9 Å². The Bertz CT molecular complexity index is 401. The Morgan fingerprint density at radius 1 is 1.47 bits per heavy atom. The summed E-state index contributed by atoms with van der Waals surface area (Å²) in [5.41, 5.74) is 1.71. The van der Waals surface area contributed by atoms with E-state index in [-0.39, 0.29) is 12.5 Å². The molecule has 0 saturated carbocycles. The molecule has 1 aromatic rings. The van der Waals surface area contributed by atoms with Crippen molar-refractivity contribution in [2.75, 3.05) is 11.9 Å². The lowest BCUT2D eigenvalue weighted by atomic mass is 10.1. The Balaban J connectivity index is 2.20. The summed E-state index contributed by atoms with van der Waals surface area (Å²) in [7, 11) is 0. The fraction of sp³-hybridized carbons (Fsp3) is 0.273. The van der Waals surface area contributed by atoms with Crippen molar-refractivity contribution in [1.82, 2.24) is 0 Å². The van der Waals surface area contributed by atoms with Crippen LogP contribution in [0.5, 0.6) is 5.75 Å². The zero-order chi connectivity index (χ0) is 10.7. The van der Waals surface area contributed by atoms with Crippen LogP contribution in [0.25, 0.3) is 0 Å². The molecule has 0 saturated heterocycles. The van der Waals surface area contributed by atoms with Crippen molar-refractivity contribution < 1.29 is 14.3 Å². The summed E-state index contributed by atoms with van der Waals surface area (Å²) in [6.45, 7) is 0.0701. The van der Waals surface area contributed by atoms with Crippen molar-refractivity contribution in [2.45, 2.75) is 12.8 Å². The highest BCUT2D eigenvalue weighted by Crippen LogP contribution is 2.28. The monoisotopic (exact) mass is 205 g/mol. The number of anilines is 1. The maximum Gasteiger partial charge on any atom is 0.262 e. The smallest absolute Gasteiger partial charge is 0.262 e. The second-order valence-corrected chi connectivity index (χ2v) is 3.37. The van der Waals surface area contributed by atoms with Gasteiger partial charge in [0.05, 0.1) is 5.69 Å². The Hall–Kier alpha value is -1.84. The van der Waals surface area contributed by atoms with Crippen molar-refractivity contribution in [3.63, 3.8) is 0 Å². The van der Waals surface area contributed by atoms with E-state index in [2.05, 4.69) is 5.32 Å². The molecule has 1 amide bonds. The number of carbonyl (C=O) groups excluding carboxylic acids is 2. The van der Waals surface area contributed by atoms with Crippen LogP contribution in [0.3, 0.4) is 0 Å². The average molecular weight is 205 g/mol. The average Bonchev–Trinajstić information content (AvgIpc) is 2.25. The molecule has 0 aliphatic carbocycles. The van der Waals surface area contributed by atoms with Gasteiger partial charge in [-0.2, -0.15) is 0 Å². The van der Waals surface area contributed by atoms with Crippen LogP contribution in [0.15, 0.2) is 18.2 Å². The van der Waals surface area contributed by atoms with Gasteiger partial charge in [-0.25, -0.2) is 0 Å². The van der Waals surface area contributed by atoms with Crippen LogP contribution in [0, 0.1) is 0 Å². The summed E-state index contributed by atoms with van der Waals surface area (Å²) in [6.07, 6.45) is 2.06. The van der Waals surface area contributed by atoms with E-state index in [0.717, 1.165) is 11.8 Å². The number of hydrogen-bond acceptors (Lipinski definition) is 3. The van der Waals surface area contributed by atoms with E-state index in [9.17, 15) is 9.59 Å². The molecule has 1 aliphatic heterocycles. The summed E-state index contributed by atoms with van der Waals surface area (Å²) < 4.78 is 5.21. The van der Waals surface area contributed by atoms with Gasteiger partial charge >= 0.3 is 0 Å². The van der Waals surface area contributed by atoms with Gasteiger partial charge in [-0.15, -0.1) is 0 Å². The van der Waals surface area contributed by atoms with Gasteiger partial charge < -0.3 is 14.8 Å². The fourth-order valence-corrected chi connectivity index (χ4v) is 1.51. The molecule has 4 nitrogen and oxygen atoms in total. The molecule has 0 atom stereocenters.